The van der Waals surface area contributed by atoms with Gasteiger partial charge in [0.1, 0.15) is 5.75 Å². The van der Waals surface area contributed by atoms with Crippen molar-refractivity contribution in [3.05, 3.63) is 11.6 Å². The Balaban J connectivity index is 3.53. The fourth-order valence-corrected chi connectivity index (χ4v) is 1.37. The molecular formula is C10H14O4. The summed E-state index contributed by atoms with van der Waals surface area (Å²) in [7, 11) is 0. The Kier molecular flexibility index (Phi) is 2.23. The molecule has 1 aromatic rings. The average Bonchev–Trinajstić information content (AvgIpc) is 1.97. The van der Waals surface area contributed by atoms with Crippen molar-refractivity contribution in [3.8, 4) is 23.0 Å². The number of benzene rings is 1. The van der Waals surface area contributed by atoms with Gasteiger partial charge < -0.3 is 20.4 Å². The highest BCUT2D eigenvalue weighted by atomic mass is 16.3. The number of hydrogen-bond donors (Lipinski definition) is 4. The van der Waals surface area contributed by atoms with Crippen LogP contribution in [0.4, 0.5) is 0 Å². The molecule has 0 aliphatic rings. The fraction of sp³-hybridized carbons (Fsp3) is 0.400. The average molecular weight is 198 g/mol. The van der Waals surface area contributed by atoms with Crippen molar-refractivity contribution in [3.63, 3.8) is 0 Å². The SMILES string of the molecule is CC(C)(C)c1c(O)cc(O)c(O)c1O. The largest absolute Gasteiger partial charge is 0.507 e. The molecule has 0 atom stereocenters. The second kappa shape index (κ2) is 2.97. The van der Waals surface area contributed by atoms with Crippen LogP contribution in [0.25, 0.3) is 0 Å². The number of phenols is 4. The van der Waals surface area contributed by atoms with Crippen molar-refractivity contribution in [1.82, 2.24) is 0 Å². The minimum absolute atomic E-state index is 0.216. The molecule has 0 saturated heterocycles. The molecule has 0 unspecified atom stereocenters. The van der Waals surface area contributed by atoms with Crippen LogP contribution in [0.3, 0.4) is 0 Å². The molecule has 0 aliphatic heterocycles. The summed E-state index contributed by atoms with van der Waals surface area (Å²) in [6, 6.07) is 1.01. The molecule has 14 heavy (non-hydrogen) atoms. The van der Waals surface area contributed by atoms with Crippen LogP contribution in [-0.2, 0) is 5.41 Å². The zero-order valence-corrected chi connectivity index (χ0v) is 8.37. The maximum absolute atomic E-state index is 9.52. The smallest absolute Gasteiger partial charge is 0.200 e. The van der Waals surface area contributed by atoms with Crippen LogP contribution in [0, 0.1) is 0 Å². The maximum atomic E-state index is 9.52. The Morgan fingerprint density at radius 3 is 1.79 bits per heavy atom. The zero-order chi connectivity index (χ0) is 11.1. The lowest BCUT2D eigenvalue weighted by molar-refractivity contribution is 0.347. The van der Waals surface area contributed by atoms with E-state index in [2.05, 4.69) is 0 Å². The summed E-state index contributed by atoms with van der Waals surface area (Å²) in [4.78, 5) is 0. The first-order valence-electron chi connectivity index (χ1n) is 4.22. The summed E-state index contributed by atoms with van der Waals surface area (Å²) in [6.45, 7) is 5.33. The minimum atomic E-state index is -0.604. The van der Waals surface area contributed by atoms with Gasteiger partial charge in [-0.15, -0.1) is 0 Å². The van der Waals surface area contributed by atoms with Gasteiger partial charge in [0.25, 0.3) is 0 Å². The lowest BCUT2D eigenvalue weighted by Gasteiger charge is -2.22. The highest BCUT2D eigenvalue weighted by molar-refractivity contribution is 5.61. The van der Waals surface area contributed by atoms with Crippen molar-refractivity contribution >= 4 is 0 Å². The first-order chi connectivity index (χ1) is 6.25. The number of rotatable bonds is 0. The first kappa shape index (κ1) is 10.5. The van der Waals surface area contributed by atoms with Crippen molar-refractivity contribution in [2.24, 2.45) is 0 Å². The molecule has 0 aromatic heterocycles. The van der Waals surface area contributed by atoms with Gasteiger partial charge in [0.2, 0.25) is 5.75 Å². The van der Waals surface area contributed by atoms with E-state index in [0.29, 0.717) is 0 Å². The number of hydrogen-bond acceptors (Lipinski definition) is 4. The van der Waals surface area contributed by atoms with E-state index in [0.717, 1.165) is 6.07 Å². The van der Waals surface area contributed by atoms with Crippen LogP contribution in [0.15, 0.2) is 6.07 Å². The topological polar surface area (TPSA) is 80.9 Å². The second-order valence-corrected chi connectivity index (χ2v) is 4.24. The van der Waals surface area contributed by atoms with Crippen LogP contribution in [0.1, 0.15) is 26.3 Å². The van der Waals surface area contributed by atoms with E-state index in [1.54, 1.807) is 20.8 Å². The van der Waals surface area contributed by atoms with E-state index >= 15 is 0 Å². The molecule has 0 saturated carbocycles. The Hall–Kier alpha value is -1.58. The third-order valence-electron chi connectivity index (χ3n) is 1.98. The second-order valence-electron chi connectivity index (χ2n) is 4.24. The Labute approximate surface area is 82.1 Å². The highest BCUT2D eigenvalue weighted by Crippen LogP contribution is 2.47. The molecular weight excluding hydrogens is 184 g/mol. The molecule has 0 bridgehead atoms. The van der Waals surface area contributed by atoms with Crippen LogP contribution in [0.2, 0.25) is 0 Å². The van der Waals surface area contributed by atoms with E-state index < -0.39 is 22.7 Å². The predicted molar refractivity (Wildman–Crippen MR) is 51.8 cm³/mol. The number of aromatic hydroxyl groups is 4. The van der Waals surface area contributed by atoms with Gasteiger partial charge >= 0.3 is 0 Å². The molecule has 0 radical (unpaired) electrons. The highest BCUT2D eigenvalue weighted by Gasteiger charge is 2.26. The predicted octanol–water partition coefficient (Wildman–Crippen LogP) is 1.81. The standard InChI is InChI=1S/C10H14O4/c1-10(2,3)7-5(11)4-6(12)8(13)9(7)14/h4,11-14H,1-3H3. The monoisotopic (exact) mass is 198 g/mol. The van der Waals surface area contributed by atoms with Crippen LogP contribution < -0.4 is 0 Å². The molecule has 0 fully saturated rings. The number of phenolic OH excluding ortho intramolecular Hbond substituents is 4. The van der Waals surface area contributed by atoms with E-state index in [4.69, 9.17) is 5.11 Å². The van der Waals surface area contributed by atoms with Crippen molar-refractivity contribution in [1.29, 1.82) is 0 Å². The molecule has 0 heterocycles. The molecule has 0 amide bonds. The van der Waals surface area contributed by atoms with E-state index in [-0.39, 0.29) is 11.3 Å². The summed E-state index contributed by atoms with van der Waals surface area (Å²) in [5.41, 5.74) is -0.299. The van der Waals surface area contributed by atoms with Crippen molar-refractivity contribution in [2.45, 2.75) is 26.2 Å². The van der Waals surface area contributed by atoms with Gasteiger partial charge in [-0.1, -0.05) is 20.8 Å². The van der Waals surface area contributed by atoms with Gasteiger partial charge in [0.15, 0.2) is 11.5 Å². The first-order valence-corrected chi connectivity index (χ1v) is 4.22. The molecule has 78 valence electrons. The van der Waals surface area contributed by atoms with Gasteiger partial charge in [0.05, 0.1) is 0 Å². The van der Waals surface area contributed by atoms with Crippen LogP contribution in [0.5, 0.6) is 23.0 Å². The molecule has 4 nitrogen and oxygen atoms in total. The quantitative estimate of drug-likeness (QED) is 0.378. The van der Waals surface area contributed by atoms with Gasteiger partial charge in [0, 0.05) is 11.6 Å². The van der Waals surface area contributed by atoms with Crippen LogP contribution in [-0.4, -0.2) is 20.4 Å². The molecule has 0 spiro atoms. The van der Waals surface area contributed by atoms with E-state index in [9.17, 15) is 15.3 Å². The molecule has 1 rings (SSSR count). The molecule has 0 aliphatic carbocycles. The molecule has 1 aromatic carbocycles. The Morgan fingerprint density at radius 1 is 0.857 bits per heavy atom. The van der Waals surface area contributed by atoms with Gasteiger partial charge in [-0.2, -0.15) is 0 Å². The minimum Gasteiger partial charge on any atom is -0.507 e. The molecule has 4 N–H and O–H groups in total. The third kappa shape index (κ3) is 1.55. The van der Waals surface area contributed by atoms with Gasteiger partial charge in [-0.25, -0.2) is 0 Å². The zero-order valence-electron chi connectivity index (χ0n) is 8.37. The third-order valence-corrected chi connectivity index (χ3v) is 1.98. The molecule has 4 heteroatoms. The summed E-state index contributed by atoms with van der Waals surface area (Å²) >= 11 is 0. The van der Waals surface area contributed by atoms with Gasteiger partial charge in [-0.05, 0) is 5.41 Å². The lowest BCUT2D eigenvalue weighted by atomic mass is 9.85. The summed E-state index contributed by atoms with van der Waals surface area (Å²) in [6.07, 6.45) is 0. The summed E-state index contributed by atoms with van der Waals surface area (Å²) in [5.74, 6) is -1.85. The van der Waals surface area contributed by atoms with Crippen molar-refractivity contribution < 1.29 is 20.4 Å². The van der Waals surface area contributed by atoms with Crippen molar-refractivity contribution in [2.75, 3.05) is 0 Å². The Bertz CT molecular complexity index is 363. The summed E-state index contributed by atoms with van der Waals surface area (Å²) < 4.78 is 0. The summed E-state index contributed by atoms with van der Waals surface area (Å²) in [5, 5.41) is 37.4. The van der Waals surface area contributed by atoms with E-state index in [1.165, 1.54) is 0 Å². The van der Waals surface area contributed by atoms with Gasteiger partial charge in [-0.3, -0.25) is 0 Å². The normalized spacial score (nSPS) is 11.6. The lowest BCUT2D eigenvalue weighted by Crippen LogP contribution is -2.11. The van der Waals surface area contributed by atoms with Crippen LogP contribution >= 0.6 is 0 Å². The van der Waals surface area contributed by atoms with E-state index in [1.807, 2.05) is 0 Å². The Morgan fingerprint density at radius 2 is 1.36 bits per heavy atom. The maximum Gasteiger partial charge on any atom is 0.200 e. The fourth-order valence-electron chi connectivity index (χ4n) is 1.37.